The maximum atomic E-state index is 7.05. The third-order valence-corrected chi connectivity index (χ3v) is 14.2. The third-order valence-electron chi connectivity index (χ3n) is 14.2. The van der Waals surface area contributed by atoms with Crippen molar-refractivity contribution in [3.63, 3.8) is 0 Å². The molecule has 1 aliphatic rings. The number of nitrogens with zero attached hydrogens (tertiary/aromatic N) is 1. The van der Waals surface area contributed by atoms with Crippen molar-refractivity contribution < 1.29 is 0 Å². The number of anilines is 2. The van der Waals surface area contributed by atoms with Crippen molar-refractivity contribution in [1.82, 2.24) is 9.88 Å². The highest BCUT2D eigenvalue weighted by Crippen LogP contribution is 2.53. The molecule has 4 nitrogen and oxygen atoms in total. The normalized spacial score (nSPS) is 13.3. The number of nitrogens with two attached hydrogens (primary N) is 1. The van der Waals surface area contributed by atoms with Gasteiger partial charge >= 0.3 is 0 Å². The molecular formula is C65H52N4. The second-order valence-corrected chi connectivity index (χ2v) is 18.8. The fourth-order valence-corrected chi connectivity index (χ4v) is 10.8. The van der Waals surface area contributed by atoms with Crippen molar-refractivity contribution in [2.75, 3.05) is 5.32 Å². The number of para-hydroxylation sites is 3. The summed E-state index contributed by atoms with van der Waals surface area (Å²) in [6, 6.07) is 83.1. The van der Waals surface area contributed by atoms with Gasteiger partial charge in [0.1, 0.15) is 6.17 Å². The number of hydrogen-bond donors (Lipinski definition) is 3. The van der Waals surface area contributed by atoms with Gasteiger partial charge in [-0.25, -0.2) is 0 Å². The van der Waals surface area contributed by atoms with Crippen LogP contribution < -0.4 is 16.4 Å². The zero-order chi connectivity index (χ0) is 46.5. The molecular weight excluding hydrogens is 837 g/mol. The van der Waals surface area contributed by atoms with E-state index in [-0.39, 0.29) is 5.41 Å². The summed E-state index contributed by atoms with van der Waals surface area (Å²) < 4.78 is 2.40. The Labute approximate surface area is 404 Å². The Morgan fingerprint density at radius 3 is 1.93 bits per heavy atom. The van der Waals surface area contributed by atoms with Crippen LogP contribution in [-0.4, -0.2) is 4.57 Å². The van der Waals surface area contributed by atoms with Gasteiger partial charge in [-0.05, 0) is 127 Å². The molecule has 11 aromatic rings. The van der Waals surface area contributed by atoms with E-state index in [9.17, 15) is 0 Å². The topological polar surface area (TPSA) is 55.0 Å². The van der Waals surface area contributed by atoms with Crippen LogP contribution >= 0.6 is 0 Å². The van der Waals surface area contributed by atoms with Gasteiger partial charge in [-0.15, -0.1) is 0 Å². The van der Waals surface area contributed by atoms with Crippen molar-refractivity contribution in [2.24, 2.45) is 5.73 Å². The van der Waals surface area contributed by atoms with E-state index < -0.39 is 6.17 Å². The molecule has 0 amide bonds. The predicted octanol–water partition coefficient (Wildman–Crippen LogP) is 16.2. The lowest BCUT2D eigenvalue weighted by atomic mass is 9.81. The van der Waals surface area contributed by atoms with Crippen LogP contribution in [0.5, 0.6) is 0 Å². The number of hydrogen-bond acceptors (Lipinski definition) is 3. The number of fused-ring (bicyclic) bond motifs is 7. The van der Waals surface area contributed by atoms with E-state index in [1.165, 1.54) is 66.0 Å². The maximum Gasteiger partial charge on any atom is 0.101 e. The van der Waals surface area contributed by atoms with Crippen LogP contribution in [-0.2, 0) is 11.8 Å². The molecule has 0 spiro atoms. The Morgan fingerprint density at radius 1 is 0.536 bits per heavy atom. The molecule has 0 bridgehead atoms. The maximum absolute atomic E-state index is 7.05. The van der Waals surface area contributed by atoms with Crippen LogP contribution in [0.1, 0.15) is 47.8 Å². The van der Waals surface area contributed by atoms with E-state index in [0.29, 0.717) is 6.42 Å². The van der Waals surface area contributed by atoms with Crippen LogP contribution in [0.25, 0.3) is 77.3 Å². The number of aromatic nitrogens is 1. The molecule has 12 rings (SSSR count). The summed E-state index contributed by atoms with van der Waals surface area (Å²) in [7, 11) is 0. The third kappa shape index (κ3) is 7.65. The molecule has 0 fully saturated rings. The minimum Gasteiger partial charge on any atom is -0.366 e. The SMILES string of the molecule is CC1(C)c2cc3ccccc3cc2-c2c(-c3cccc(/C(=C/Cc4cc(Nc5ccccc5-c5ccccc5)cc(-n5c6ccccc6c6ccccc65)c4)NC(N)c4ccccc4)c3)cccc21. The first-order valence-corrected chi connectivity index (χ1v) is 24.0. The predicted molar refractivity (Wildman–Crippen MR) is 291 cm³/mol. The van der Waals surface area contributed by atoms with Gasteiger partial charge in [0, 0.05) is 44.5 Å². The molecule has 0 radical (unpaired) electrons. The molecule has 1 unspecified atom stereocenters. The smallest absolute Gasteiger partial charge is 0.101 e. The number of allylic oxidation sites excluding steroid dienone is 1. The van der Waals surface area contributed by atoms with Crippen LogP contribution in [0.15, 0.2) is 237 Å². The monoisotopic (exact) mass is 888 g/mol. The van der Waals surface area contributed by atoms with Gasteiger partial charge in [-0.3, -0.25) is 0 Å². The summed E-state index contributed by atoms with van der Waals surface area (Å²) in [5.74, 6) is 0. The zero-order valence-corrected chi connectivity index (χ0v) is 38.8. The average molecular weight is 889 g/mol. The summed E-state index contributed by atoms with van der Waals surface area (Å²) in [5, 5.41) is 12.7. The van der Waals surface area contributed by atoms with E-state index >= 15 is 0 Å². The fourth-order valence-electron chi connectivity index (χ4n) is 10.8. The first-order valence-electron chi connectivity index (χ1n) is 24.0. The van der Waals surface area contributed by atoms with Gasteiger partial charge < -0.3 is 20.9 Å². The molecule has 1 aliphatic carbocycles. The highest BCUT2D eigenvalue weighted by atomic mass is 15.0. The molecule has 0 aliphatic heterocycles. The summed E-state index contributed by atoms with van der Waals surface area (Å²) in [4.78, 5) is 0. The lowest BCUT2D eigenvalue weighted by molar-refractivity contribution is 0.661. The summed E-state index contributed by atoms with van der Waals surface area (Å²) >= 11 is 0. The van der Waals surface area contributed by atoms with E-state index in [1.807, 2.05) is 18.2 Å². The highest BCUT2D eigenvalue weighted by molar-refractivity contribution is 6.09. The molecule has 10 aromatic carbocycles. The molecule has 1 heterocycles. The zero-order valence-electron chi connectivity index (χ0n) is 38.8. The minimum absolute atomic E-state index is 0.136. The first-order chi connectivity index (χ1) is 33.9. The second kappa shape index (κ2) is 17.3. The van der Waals surface area contributed by atoms with Crippen molar-refractivity contribution in [2.45, 2.75) is 31.8 Å². The van der Waals surface area contributed by atoms with Gasteiger partial charge in [0.2, 0.25) is 0 Å². The number of benzene rings is 10. The van der Waals surface area contributed by atoms with Crippen molar-refractivity contribution in [3.05, 3.63) is 264 Å². The van der Waals surface area contributed by atoms with Gasteiger partial charge in [-0.2, -0.15) is 0 Å². The van der Waals surface area contributed by atoms with E-state index in [4.69, 9.17) is 5.73 Å². The summed E-state index contributed by atoms with van der Waals surface area (Å²) in [5.41, 5.74) is 26.7. The molecule has 1 aromatic heterocycles. The second-order valence-electron chi connectivity index (χ2n) is 18.8. The molecule has 332 valence electrons. The van der Waals surface area contributed by atoms with Crippen LogP contribution in [0, 0.1) is 0 Å². The molecule has 0 saturated heterocycles. The highest BCUT2D eigenvalue weighted by Gasteiger charge is 2.37. The van der Waals surface area contributed by atoms with Gasteiger partial charge in [0.05, 0.1) is 11.0 Å². The lowest BCUT2D eigenvalue weighted by Gasteiger charge is -2.22. The molecule has 1 atom stereocenters. The van der Waals surface area contributed by atoms with Crippen molar-refractivity contribution >= 4 is 49.7 Å². The molecule has 0 saturated carbocycles. The Kier molecular flexibility index (Phi) is 10.5. The minimum atomic E-state index is -0.432. The first kappa shape index (κ1) is 42.0. The van der Waals surface area contributed by atoms with E-state index in [1.54, 1.807) is 0 Å². The van der Waals surface area contributed by atoms with E-state index in [0.717, 1.165) is 50.6 Å². The molecule has 4 heteroatoms. The number of nitrogens with one attached hydrogen (secondary N) is 2. The Hall–Kier alpha value is -8.44. The average Bonchev–Trinajstić information content (AvgIpc) is 3.85. The quantitative estimate of drug-likeness (QED) is 0.113. The standard InChI is InChI=1S/C65H52N4/c1-65(2)57-31-18-30-53(63(57)56-40-46-23-9-10-24-47(46)41-58(56)65)48-25-17-26-49(39-48)59(68-64(66)45-21-7-4-8-22-45)36-35-43-37-50(67-60-32-14-11-27-52(60)44-19-5-3-6-20-44)42-51(38-43)69-61-33-15-12-28-54(61)55-29-13-16-34-62(55)69/h3-34,36-42,64,67-68H,35,66H2,1-2H3/b59-36-. The number of rotatable bonds is 11. The summed E-state index contributed by atoms with van der Waals surface area (Å²) in [6.45, 7) is 4.73. The Balaban J connectivity index is 0.989. The van der Waals surface area contributed by atoms with Crippen LogP contribution in [0.3, 0.4) is 0 Å². The largest absolute Gasteiger partial charge is 0.366 e. The van der Waals surface area contributed by atoms with E-state index in [2.05, 4.69) is 247 Å². The van der Waals surface area contributed by atoms with Gasteiger partial charge in [-0.1, -0.05) is 196 Å². The lowest BCUT2D eigenvalue weighted by Crippen LogP contribution is -2.27. The van der Waals surface area contributed by atoms with Gasteiger partial charge in [0.25, 0.3) is 0 Å². The Bertz CT molecular complexity index is 3700. The van der Waals surface area contributed by atoms with Crippen LogP contribution in [0.2, 0.25) is 0 Å². The fraction of sp³-hybridized carbons (Fsp3) is 0.0769. The van der Waals surface area contributed by atoms with Gasteiger partial charge in [0.15, 0.2) is 0 Å². The molecule has 69 heavy (non-hydrogen) atoms. The Morgan fingerprint density at radius 2 is 1.16 bits per heavy atom. The van der Waals surface area contributed by atoms with Crippen molar-refractivity contribution in [1.29, 1.82) is 0 Å². The summed E-state index contributed by atoms with van der Waals surface area (Å²) in [6.07, 6.45) is 2.52. The molecule has 4 N–H and O–H groups in total. The van der Waals surface area contributed by atoms with Crippen LogP contribution in [0.4, 0.5) is 11.4 Å². The van der Waals surface area contributed by atoms with Crippen molar-refractivity contribution in [3.8, 4) is 39.1 Å².